The van der Waals surface area contributed by atoms with Crippen molar-refractivity contribution in [3.63, 3.8) is 0 Å². The summed E-state index contributed by atoms with van der Waals surface area (Å²) in [5, 5.41) is 0. The summed E-state index contributed by atoms with van der Waals surface area (Å²) in [7, 11) is 3.40. The van der Waals surface area contributed by atoms with Gasteiger partial charge in [0, 0.05) is 5.56 Å². The highest BCUT2D eigenvalue weighted by molar-refractivity contribution is 5.62. The van der Waals surface area contributed by atoms with E-state index in [1.807, 2.05) is 12.1 Å². The van der Waals surface area contributed by atoms with Crippen molar-refractivity contribution in [2.75, 3.05) is 14.2 Å². The highest BCUT2D eigenvalue weighted by Gasteiger charge is 2.45. The molecule has 1 aliphatic heterocycles. The van der Waals surface area contributed by atoms with Crippen molar-refractivity contribution >= 4 is 0 Å². The van der Waals surface area contributed by atoms with Crippen molar-refractivity contribution < 1.29 is 14.2 Å². The first-order valence-electron chi connectivity index (χ1n) is 6.64. The molecule has 1 aromatic rings. The molecule has 2 aliphatic carbocycles. The summed E-state index contributed by atoms with van der Waals surface area (Å²) in [5.74, 6) is 2.95. The average molecular weight is 256 g/mol. The van der Waals surface area contributed by atoms with Gasteiger partial charge in [-0.2, -0.15) is 0 Å². The minimum Gasteiger partial charge on any atom is -0.497 e. The van der Waals surface area contributed by atoms with Crippen LogP contribution in [0.5, 0.6) is 11.5 Å². The molecule has 0 saturated carbocycles. The van der Waals surface area contributed by atoms with Gasteiger partial charge in [-0.25, -0.2) is 0 Å². The van der Waals surface area contributed by atoms with Crippen LogP contribution in [0.15, 0.2) is 35.6 Å². The fourth-order valence-corrected chi connectivity index (χ4v) is 3.50. The van der Waals surface area contributed by atoms with Crippen LogP contribution in [0.2, 0.25) is 0 Å². The molecule has 0 aromatic heterocycles. The van der Waals surface area contributed by atoms with E-state index in [0.717, 1.165) is 30.1 Å². The van der Waals surface area contributed by atoms with Crippen LogP contribution in [0.3, 0.4) is 0 Å². The second-order valence-electron chi connectivity index (χ2n) is 5.20. The quantitative estimate of drug-likeness (QED) is 0.814. The first-order valence-corrected chi connectivity index (χ1v) is 6.64. The largest absolute Gasteiger partial charge is 0.497 e. The Morgan fingerprint density at radius 1 is 1.11 bits per heavy atom. The molecule has 0 spiro atoms. The van der Waals surface area contributed by atoms with Gasteiger partial charge in [-0.3, -0.25) is 0 Å². The first kappa shape index (κ1) is 11.0. The lowest BCUT2D eigenvalue weighted by atomic mass is 9.75. The maximum Gasteiger partial charge on any atom is 0.166 e. The molecule has 0 bridgehead atoms. The Morgan fingerprint density at radius 3 is 2.79 bits per heavy atom. The smallest absolute Gasteiger partial charge is 0.166 e. The summed E-state index contributed by atoms with van der Waals surface area (Å²) < 4.78 is 17.1. The Hall–Kier alpha value is -1.90. The molecule has 0 N–H and O–H groups in total. The molecule has 0 fully saturated rings. The molecule has 3 nitrogen and oxygen atoms in total. The number of benzene rings is 1. The van der Waals surface area contributed by atoms with E-state index >= 15 is 0 Å². The summed E-state index contributed by atoms with van der Waals surface area (Å²) in [4.78, 5) is 0. The van der Waals surface area contributed by atoms with E-state index in [0.29, 0.717) is 5.92 Å². The highest BCUT2D eigenvalue weighted by Crippen LogP contribution is 2.55. The van der Waals surface area contributed by atoms with E-state index in [1.54, 1.807) is 14.2 Å². The van der Waals surface area contributed by atoms with Gasteiger partial charge in [0.25, 0.3) is 0 Å². The lowest BCUT2D eigenvalue weighted by molar-refractivity contribution is 0.148. The molecule has 2 atom stereocenters. The van der Waals surface area contributed by atoms with Crippen molar-refractivity contribution in [1.29, 1.82) is 0 Å². The molecule has 1 unspecified atom stereocenters. The van der Waals surface area contributed by atoms with Crippen molar-refractivity contribution in [2.45, 2.75) is 24.9 Å². The van der Waals surface area contributed by atoms with Crippen LogP contribution in [-0.2, 0) is 11.2 Å². The topological polar surface area (TPSA) is 27.7 Å². The average Bonchev–Trinajstić information content (AvgIpc) is 2.86. The minimum atomic E-state index is -0.0182. The standard InChI is InChI=1S/C16H16O3/c1-17-11-7-5-9-3-4-10-6-8-12(18-2)16-14(10)13(9)15(11)19-16/h5-8,13,15H,3-4H2,1-2H3/t13?,15-/m1/s1. The van der Waals surface area contributed by atoms with E-state index in [-0.39, 0.29) is 6.10 Å². The third-order valence-corrected chi connectivity index (χ3v) is 4.39. The van der Waals surface area contributed by atoms with Crippen LogP contribution in [0, 0.1) is 0 Å². The van der Waals surface area contributed by atoms with Gasteiger partial charge in [-0.1, -0.05) is 17.7 Å². The van der Waals surface area contributed by atoms with Gasteiger partial charge in [0.2, 0.25) is 0 Å². The van der Waals surface area contributed by atoms with E-state index < -0.39 is 0 Å². The predicted molar refractivity (Wildman–Crippen MR) is 71.6 cm³/mol. The SMILES string of the molecule is COC1=CC=C2CCc3ccc(OC)c4c3C2[C@@H]1O4. The normalized spacial score (nSPS) is 26.0. The summed E-state index contributed by atoms with van der Waals surface area (Å²) in [6, 6.07) is 4.18. The number of allylic oxidation sites excluding steroid dienone is 2. The van der Waals surface area contributed by atoms with Gasteiger partial charge >= 0.3 is 0 Å². The Bertz CT molecular complexity index is 613. The number of methoxy groups -OCH3 is 2. The van der Waals surface area contributed by atoms with E-state index in [2.05, 4.69) is 12.1 Å². The molecular formula is C16H16O3. The number of rotatable bonds is 2. The third kappa shape index (κ3) is 1.33. The van der Waals surface area contributed by atoms with Gasteiger partial charge in [-0.15, -0.1) is 0 Å². The molecule has 98 valence electrons. The summed E-state index contributed by atoms with van der Waals surface area (Å²) in [6.45, 7) is 0. The third-order valence-electron chi connectivity index (χ3n) is 4.39. The number of ether oxygens (including phenoxy) is 3. The van der Waals surface area contributed by atoms with Crippen LogP contribution in [0.1, 0.15) is 23.5 Å². The van der Waals surface area contributed by atoms with Crippen molar-refractivity contribution in [3.05, 3.63) is 46.7 Å². The fraction of sp³-hybridized carbons (Fsp3) is 0.375. The Morgan fingerprint density at radius 2 is 2.00 bits per heavy atom. The Kier molecular flexibility index (Phi) is 2.19. The van der Waals surface area contributed by atoms with Crippen LogP contribution in [-0.4, -0.2) is 20.3 Å². The van der Waals surface area contributed by atoms with Crippen molar-refractivity contribution in [2.24, 2.45) is 0 Å². The Labute approximate surface area is 112 Å². The second-order valence-corrected chi connectivity index (χ2v) is 5.20. The maximum absolute atomic E-state index is 6.17. The van der Waals surface area contributed by atoms with E-state index in [1.165, 1.54) is 16.7 Å². The zero-order chi connectivity index (χ0) is 13.0. The van der Waals surface area contributed by atoms with Crippen molar-refractivity contribution in [3.8, 4) is 11.5 Å². The second kappa shape index (κ2) is 3.80. The molecular weight excluding hydrogens is 240 g/mol. The molecule has 0 amide bonds. The number of hydrogen-bond donors (Lipinski definition) is 0. The van der Waals surface area contributed by atoms with Crippen LogP contribution < -0.4 is 9.47 Å². The van der Waals surface area contributed by atoms with Gasteiger partial charge in [0.15, 0.2) is 17.6 Å². The lowest BCUT2D eigenvalue weighted by Crippen LogP contribution is -2.28. The molecule has 19 heavy (non-hydrogen) atoms. The molecule has 3 heteroatoms. The first-order chi connectivity index (χ1) is 9.33. The molecule has 0 radical (unpaired) electrons. The zero-order valence-electron chi connectivity index (χ0n) is 11.1. The number of aryl methyl sites for hydroxylation is 1. The molecule has 0 saturated heterocycles. The van der Waals surface area contributed by atoms with E-state index in [4.69, 9.17) is 14.2 Å². The number of hydrogen-bond acceptors (Lipinski definition) is 3. The van der Waals surface area contributed by atoms with Crippen LogP contribution >= 0.6 is 0 Å². The van der Waals surface area contributed by atoms with Crippen molar-refractivity contribution in [1.82, 2.24) is 0 Å². The van der Waals surface area contributed by atoms with Crippen LogP contribution in [0.4, 0.5) is 0 Å². The predicted octanol–water partition coefficient (Wildman–Crippen LogP) is 2.96. The minimum absolute atomic E-state index is 0.0182. The molecule has 1 aromatic carbocycles. The summed E-state index contributed by atoms with van der Waals surface area (Å²) in [6.07, 6.45) is 6.41. The van der Waals surface area contributed by atoms with Gasteiger partial charge in [0.05, 0.1) is 20.1 Å². The summed E-state index contributed by atoms with van der Waals surface area (Å²) >= 11 is 0. The molecule has 3 aliphatic rings. The van der Waals surface area contributed by atoms with Gasteiger partial charge in [-0.05, 0) is 30.5 Å². The zero-order valence-corrected chi connectivity index (χ0v) is 11.1. The van der Waals surface area contributed by atoms with Gasteiger partial charge < -0.3 is 14.2 Å². The maximum atomic E-state index is 6.17. The molecule has 1 heterocycles. The van der Waals surface area contributed by atoms with E-state index in [9.17, 15) is 0 Å². The van der Waals surface area contributed by atoms with Crippen LogP contribution in [0.25, 0.3) is 0 Å². The highest BCUT2D eigenvalue weighted by atomic mass is 16.6. The summed E-state index contributed by atoms with van der Waals surface area (Å²) in [5.41, 5.74) is 4.15. The monoisotopic (exact) mass is 256 g/mol. The Balaban J connectivity index is 1.94. The lowest BCUT2D eigenvalue weighted by Gasteiger charge is -2.30. The van der Waals surface area contributed by atoms with Gasteiger partial charge in [0.1, 0.15) is 5.76 Å². The molecule has 4 rings (SSSR count). The fourth-order valence-electron chi connectivity index (χ4n) is 3.50.